The van der Waals surface area contributed by atoms with E-state index in [0.717, 1.165) is 5.56 Å². The summed E-state index contributed by atoms with van der Waals surface area (Å²) in [4.78, 5) is 0. The first-order chi connectivity index (χ1) is 7.31. The normalized spacial score (nSPS) is 27.9. The first kappa shape index (κ1) is 10.6. The van der Waals surface area contributed by atoms with Gasteiger partial charge in [-0.15, -0.1) is 0 Å². The molecule has 82 valence electrons. The van der Waals surface area contributed by atoms with Crippen LogP contribution < -0.4 is 0 Å². The smallest absolute Gasteiger partial charge is 0.184 e. The van der Waals surface area contributed by atoms with Gasteiger partial charge in [0.25, 0.3) is 0 Å². The van der Waals surface area contributed by atoms with Gasteiger partial charge < -0.3 is 19.7 Å². The molecule has 1 aromatic rings. The lowest BCUT2D eigenvalue weighted by Gasteiger charge is -2.14. The predicted molar refractivity (Wildman–Crippen MR) is 53.1 cm³/mol. The summed E-state index contributed by atoms with van der Waals surface area (Å²) in [7, 11) is 0. The Bertz CT molecular complexity index is 301. The molecule has 1 heterocycles. The molecule has 2 rings (SSSR count). The van der Waals surface area contributed by atoms with Crippen molar-refractivity contribution >= 4 is 0 Å². The number of benzene rings is 1. The van der Waals surface area contributed by atoms with Crippen molar-refractivity contribution in [2.45, 2.75) is 18.5 Å². The zero-order valence-electron chi connectivity index (χ0n) is 8.24. The van der Waals surface area contributed by atoms with Crippen molar-refractivity contribution < 1.29 is 19.7 Å². The van der Waals surface area contributed by atoms with Gasteiger partial charge in [0.15, 0.2) is 6.29 Å². The molecule has 1 aliphatic rings. The Morgan fingerprint density at radius 1 is 1.33 bits per heavy atom. The third kappa shape index (κ3) is 2.35. The average Bonchev–Trinajstić information content (AvgIpc) is 2.78. The van der Waals surface area contributed by atoms with E-state index in [2.05, 4.69) is 0 Å². The minimum atomic E-state index is -0.876. The van der Waals surface area contributed by atoms with Crippen LogP contribution in [0.3, 0.4) is 0 Å². The van der Waals surface area contributed by atoms with E-state index in [-0.39, 0.29) is 6.61 Å². The van der Waals surface area contributed by atoms with Crippen molar-refractivity contribution in [2.75, 3.05) is 13.2 Å². The second kappa shape index (κ2) is 4.72. The van der Waals surface area contributed by atoms with Gasteiger partial charge in [0.1, 0.15) is 12.2 Å². The molecule has 0 bridgehead atoms. The average molecular weight is 210 g/mol. The second-order valence-corrected chi connectivity index (χ2v) is 3.50. The zero-order chi connectivity index (χ0) is 10.7. The summed E-state index contributed by atoms with van der Waals surface area (Å²) < 4.78 is 10.8. The number of hydrogen-bond donors (Lipinski definition) is 2. The Morgan fingerprint density at radius 2 is 2.07 bits per heavy atom. The molecular formula is C11H14O4. The van der Waals surface area contributed by atoms with E-state index in [4.69, 9.17) is 14.6 Å². The van der Waals surface area contributed by atoms with E-state index < -0.39 is 18.5 Å². The highest BCUT2D eigenvalue weighted by molar-refractivity contribution is 5.16. The summed E-state index contributed by atoms with van der Waals surface area (Å²) in [5.74, 6) is 0. The van der Waals surface area contributed by atoms with Crippen molar-refractivity contribution in [2.24, 2.45) is 0 Å². The summed E-state index contributed by atoms with van der Waals surface area (Å²) >= 11 is 0. The van der Waals surface area contributed by atoms with Crippen LogP contribution in [-0.2, 0) is 9.47 Å². The molecular weight excluding hydrogens is 196 g/mol. The van der Waals surface area contributed by atoms with Crippen LogP contribution in [0.5, 0.6) is 0 Å². The van der Waals surface area contributed by atoms with Crippen molar-refractivity contribution in [1.82, 2.24) is 0 Å². The molecule has 1 fully saturated rings. The molecule has 0 aromatic heterocycles. The number of aliphatic hydroxyl groups is 2. The summed E-state index contributed by atoms with van der Waals surface area (Å²) in [5.41, 5.74) is 0.921. The van der Waals surface area contributed by atoms with Crippen molar-refractivity contribution in [3.8, 4) is 0 Å². The molecule has 1 aromatic carbocycles. The Balaban J connectivity index is 1.99. The van der Waals surface area contributed by atoms with Gasteiger partial charge in [-0.05, 0) is 0 Å². The summed E-state index contributed by atoms with van der Waals surface area (Å²) in [6.45, 7) is -0.00315. The zero-order valence-corrected chi connectivity index (χ0v) is 8.24. The highest BCUT2D eigenvalue weighted by Crippen LogP contribution is 2.27. The molecule has 0 saturated carbocycles. The standard InChI is InChI=1S/C11H14O4/c12-6-9(13)10-7-14-11(15-10)8-4-2-1-3-5-8/h1-5,9-13H,6-7H2/t9-,10+,11?/m0/s1. The molecule has 15 heavy (non-hydrogen) atoms. The molecule has 4 heteroatoms. The fourth-order valence-corrected chi connectivity index (χ4v) is 1.52. The topological polar surface area (TPSA) is 58.9 Å². The summed E-state index contributed by atoms with van der Waals surface area (Å²) in [6, 6.07) is 9.52. The lowest BCUT2D eigenvalue weighted by atomic mass is 10.2. The summed E-state index contributed by atoms with van der Waals surface area (Å²) in [5, 5.41) is 18.1. The van der Waals surface area contributed by atoms with E-state index >= 15 is 0 Å². The fourth-order valence-electron chi connectivity index (χ4n) is 1.52. The molecule has 1 unspecified atom stereocenters. The number of ether oxygens (including phenoxy) is 2. The molecule has 1 aliphatic heterocycles. The van der Waals surface area contributed by atoms with Crippen molar-refractivity contribution in [1.29, 1.82) is 0 Å². The molecule has 0 radical (unpaired) electrons. The van der Waals surface area contributed by atoms with Gasteiger partial charge in [0, 0.05) is 5.56 Å². The van der Waals surface area contributed by atoms with Crippen LogP contribution in [-0.4, -0.2) is 35.6 Å². The van der Waals surface area contributed by atoms with Crippen molar-refractivity contribution in [3.63, 3.8) is 0 Å². The minimum absolute atomic E-state index is 0.307. The Morgan fingerprint density at radius 3 is 2.73 bits per heavy atom. The molecule has 2 N–H and O–H groups in total. The van der Waals surface area contributed by atoms with Gasteiger partial charge in [-0.2, -0.15) is 0 Å². The van der Waals surface area contributed by atoms with Crippen molar-refractivity contribution in [3.05, 3.63) is 35.9 Å². The number of hydrogen-bond acceptors (Lipinski definition) is 4. The lowest BCUT2D eigenvalue weighted by molar-refractivity contribution is -0.0902. The fraction of sp³-hybridized carbons (Fsp3) is 0.455. The van der Waals surface area contributed by atoms with E-state index in [1.807, 2.05) is 30.3 Å². The van der Waals surface area contributed by atoms with Gasteiger partial charge in [-0.25, -0.2) is 0 Å². The maximum Gasteiger partial charge on any atom is 0.184 e. The summed E-state index contributed by atoms with van der Waals surface area (Å²) in [6.07, 6.45) is -1.75. The number of aliphatic hydroxyl groups excluding tert-OH is 2. The van der Waals surface area contributed by atoms with Gasteiger partial charge in [0.05, 0.1) is 13.2 Å². The Labute approximate surface area is 88.1 Å². The van der Waals surface area contributed by atoms with Gasteiger partial charge in [-0.3, -0.25) is 0 Å². The van der Waals surface area contributed by atoms with Crippen LogP contribution in [0.25, 0.3) is 0 Å². The van der Waals surface area contributed by atoms with Gasteiger partial charge in [-0.1, -0.05) is 30.3 Å². The lowest BCUT2D eigenvalue weighted by Crippen LogP contribution is -2.31. The van der Waals surface area contributed by atoms with Crippen LogP contribution in [0.1, 0.15) is 11.9 Å². The van der Waals surface area contributed by atoms with Crippen LogP contribution in [0.4, 0.5) is 0 Å². The molecule has 1 saturated heterocycles. The Kier molecular flexibility index (Phi) is 3.33. The molecule has 0 amide bonds. The largest absolute Gasteiger partial charge is 0.394 e. The van der Waals surface area contributed by atoms with E-state index in [1.165, 1.54) is 0 Å². The maximum atomic E-state index is 9.37. The third-order valence-electron chi connectivity index (χ3n) is 2.40. The van der Waals surface area contributed by atoms with Crippen LogP contribution in [0, 0.1) is 0 Å². The quantitative estimate of drug-likeness (QED) is 0.760. The van der Waals surface area contributed by atoms with E-state index in [9.17, 15) is 5.11 Å². The van der Waals surface area contributed by atoms with Gasteiger partial charge in [0.2, 0.25) is 0 Å². The van der Waals surface area contributed by atoms with Crippen LogP contribution in [0.15, 0.2) is 30.3 Å². The Hall–Kier alpha value is -0.940. The first-order valence-corrected chi connectivity index (χ1v) is 4.92. The molecule has 4 nitrogen and oxygen atoms in total. The minimum Gasteiger partial charge on any atom is -0.394 e. The van der Waals surface area contributed by atoms with E-state index in [1.54, 1.807) is 0 Å². The number of rotatable bonds is 3. The maximum absolute atomic E-state index is 9.37. The van der Waals surface area contributed by atoms with Gasteiger partial charge >= 0.3 is 0 Å². The highest BCUT2D eigenvalue weighted by Gasteiger charge is 2.31. The predicted octanol–water partition coefficient (Wildman–Crippen LogP) is 0.454. The third-order valence-corrected chi connectivity index (χ3v) is 2.40. The monoisotopic (exact) mass is 210 g/mol. The van der Waals surface area contributed by atoms with E-state index in [0.29, 0.717) is 6.61 Å². The molecule has 3 atom stereocenters. The molecule has 0 aliphatic carbocycles. The highest BCUT2D eigenvalue weighted by atomic mass is 16.7. The molecule has 0 spiro atoms. The second-order valence-electron chi connectivity index (χ2n) is 3.50. The van der Waals surface area contributed by atoms with Crippen LogP contribution >= 0.6 is 0 Å². The first-order valence-electron chi connectivity index (χ1n) is 4.92. The SMILES string of the molecule is OC[C@H](O)[C@H]1COC(c2ccccc2)O1. The van der Waals surface area contributed by atoms with Crippen LogP contribution in [0.2, 0.25) is 0 Å².